The van der Waals surface area contributed by atoms with Gasteiger partial charge in [-0.3, -0.25) is 0 Å². The lowest BCUT2D eigenvalue weighted by Crippen LogP contribution is -1.93. The second kappa shape index (κ2) is 20.9. The minimum Gasteiger partial charge on any atom is -0.508 e. The molecule has 0 saturated heterocycles. The molecule has 0 bridgehead atoms. The van der Waals surface area contributed by atoms with Gasteiger partial charge in [-0.2, -0.15) is 0 Å². The highest BCUT2D eigenvalue weighted by molar-refractivity contribution is 5.27. The summed E-state index contributed by atoms with van der Waals surface area (Å²) < 4.78 is 0. The summed E-state index contributed by atoms with van der Waals surface area (Å²) in [5, 5.41) is 9.39. The molecule has 1 unspecified atom stereocenters. The minimum atomic E-state index is 0.370. The summed E-state index contributed by atoms with van der Waals surface area (Å²) in [6, 6.07) is 7.75. The molecule has 1 atom stereocenters. The van der Waals surface area contributed by atoms with Crippen LogP contribution in [0.2, 0.25) is 0 Å². The van der Waals surface area contributed by atoms with Crippen LogP contribution in [-0.4, -0.2) is 5.11 Å². The molecule has 1 aromatic rings. The van der Waals surface area contributed by atoms with E-state index in [0.717, 1.165) is 0 Å². The molecule has 31 heavy (non-hydrogen) atoms. The lowest BCUT2D eigenvalue weighted by atomic mass is 9.94. The SMILES string of the molecule is CCCCCCCCCCCCCCCCCCCCCCC(C)c1ccc(O)cc1. The van der Waals surface area contributed by atoms with Crippen molar-refractivity contribution in [2.24, 2.45) is 0 Å². The van der Waals surface area contributed by atoms with E-state index in [1.165, 1.54) is 140 Å². The summed E-state index contributed by atoms with van der Waals surface area (Å²) >= 11 is 0. The molecule has 0 fully saturated rings. The number of rotatable bonds is 22. The molecule has 1 nitrogen and oxygen atoms in total. The van der Waals surface area contributed by atoms with Crippen LogP contribution in [0.15, 0.2) is 24.3 Å². The van der Waals surface area contributed by atoms with Gasteiger partial charge < -0.3 is 5.11 Å². The van der Waals surface area contributed by atoms with E-state index in [9.17, 15) is 5.11 Å². The number of aromatic hydroxyl groups is 1. The number of hydrogen-bond donors (Lipinski definition) is 1. The maximum absolute atomic E-state index is 9.39. The fourth-order valence-corrected chi connectivity index (χ4v) is 4.68. The summed E-state index contributed by atoms with van der Waals surface area (Å²) in [5.41, 5.74) is 1.36. The number of phenols is 1. The van der Waals surface area contributed by atoms with E-state index >= 15 is 0 Å². The monoisotopic (exact) mass is 430 g/mol. The molecule has 1 N–H and O–H groups in total. The van der Waals surface area contributed by atoms with Crippen molar-refractivity contribution in [2.45, 2.75) is 155 Å². The van der Waals surface area contributed by atoms with Gasteiger partial charge in [0.2, 0.25) is 0 Å². The lowest BCUT2D eigenvalue weighted by molar-refractivity contribution is 0.474. The van der Waals surface area contributed by atoms with Crippen LogP contribution in [0.25, 0.3) is 0 Å². The zero-order valence-electron chi connectivity index (χ0n) is 21.2. The molecule has 0 saturated carbocycles. The number of benzene rings is 1. The van der Waals surface area contributed by atoms with Crippen molar-refractivity contribution in [3.63, 3.8) is 0 Å². The first-order valence-electron chi connectivity index (χ1n) is 14.0. The molecule has 0 heterocycles. The van der Waals surface area contributed by atoms with Crippen molar-refractivity contribution in [1.29, 1.82) is 0 Å². The van der Waals surface area contributed by atoms with E-state index in [4.69, 9.17) is 0 Å². The van der Waals surface area contributed by atoms with Crippen LogP contribution >= 0.6 is 0 Å². The Kier molecular flexibility index (Phi) is 18.9. The van der Waals surface area contributed by atoms with Crippen LogP contribution in [0, 0.1) is 0 Å². The van der Waals surface area contributed by atoms with Crippen LogP contribution in [-0.2, 0) is 0 Å². The first-order chi connectivity index (χ1) is 15.2. The Morgan fingerprint density at radius 1 is 0.516 bits per heavy atom. The molecule has 0 aliphatic carbocycles. The minimum absolute atomic E-state index is 0.370. The molecule has 0 aromatic heterocycles. The van der Waals surface area contributed by atoms with Crippen LogP contribution in [0.5, 0.6) is 5.75 Å². The predicted octanol–water partition coefficient (Wildman–Crippen LogP) is 10.7. The van der Waals surface area contributed by atoms with Crippen molar-refractivity contribution in [3.8, 4) is 5.75 Å². The maximum Gasteiger partial charge on any atom is 0.115 e. The normalized spacial score (nSPS) is 12.3. The van der Waals surface area contributed by atoms with Gasteiger partial charge in [0.25, 0.3) is 0 Å². The van der Waals surface area contributed by atoms with Gasteiger partial charge in [-0.15, -0.1) is 0 Å². The third-order valence-electron chi connectivity index (χ3n) is 6.95. The van der Waals surface area contributed by atoms with Crippen LogP contribution in [0.4, 0.5) is 0 Å². The Bertz CT molecular complexity index is 478. The van der Waals surface area contributed by atoms with Crippen molar-refractivity contribution in [1.82, 2.24) is 0 Å². The van der Waals surface area contributed by atoms with Crippen molar-refractivity contribution < 1.29 is 5.11 Å². The average molecular weight is 431 g/mol. The molecule has 0 amide bonds. The van der Waals surface area contributed by atoms with Crippen LogP contribution in [0.1, 0.15) is 160 Å². The third-order valence-corrected chi connectivity index (χ3v) is 6.95. The molecule has 1 heteroatoms. The largest absolute Gasteiger partial charge is 0.508 e. The highest BCUT2D eigenvalue weighted by atomic mass is 16.3. The highest BCUT2D eigenvalue weighted by Crippen LogP contribution is 2.24. The Labute approximate surface area is 195 Å². The van der Waals surface area contributed by atoms with E-state index in [0.29, 0.717) is 11.7 Å². The van der Waals surface area contributed by atoms with Gasteiger partial charge in [0.05, 0.1) is 0 Å². The fraction of sp³-hybridized carbons (Fsp3) is 0.800. The highest BCUT2D eigenvalue weighted by Gasteiger charge is 2.05. The summed E-state index contributed by atoms with van der Waals surface area (Å²) in [7, 11) is 0. The second-order valence-electron chi connectivity index (χ2n) is 10.00. The van der Waals surface area contributed by atoms with Crippen molar-refractivity contribution >= 4 is 0 Å². The van der Waals surface area contributed by atoms with E-state index in [-0.39, 0.29) is 0 Å². The maximum atomic E-state index is 9.39. The Hall–Kier alpha value is -0.980. The molecular formula is C30H54O. The lowest BCUT2D eigenvalue weighted by Gasteiger charge is -2.11. The molecule has 180 valence electrons. The Balaban J connectivity index is 1.74. The van der Waals surface area contributed by atoms with Gasteiger partial charge >= 0.3 is 0 Å². The summed E-state index contributed by atoms with van der Waals surface area (Å²) in [4.78, 5) is 0. The zero-order valence-corrected chi connectivity index (χ0v) is 21.2. The van der Waals surface area contributed by atoms with Gasteiger partial charge in [-0.05, 0) is 30.0 Å². The summed E-state index contributed by atoms with van der Waals surface area (Å²) in [6.07, 6.45) is 30.1. The van der Waals surface area contributed by atoms with Gasteiger partial charge in [-0.1, -0.05) is 154 Å². The van der Waals surface area contributed by atoms with Gasteiger partial charge in [0, 0.05) is 0 Å². The average Bonchev–Trinajstić information content (AvgIpc) is 2.78. The van der Waals surface area contributed by atoms with Crippen molar-refractivity contribution in [2.75, 3.05) is 0 Å². The quantitative estimate of drug-likeness (QED) is 0.181. The Morgan fingerprint density at radius 2 is 0.839 bits per heavy atom. The summed E-state index contributed by atoms with van der Waals surface area (Å²) in [5.74, 6) is 0.978. The number of hydrogen-bond acceptors (Lipinski definition) is 1. The van der Waals surface area contributed by atoms with E-state index < -0.39 is 0 Å². The van der Waals surface area contributed by atoms with Gasteiger partial charge in [0.15, 0.2) is 0 Å². The van der Waals surface area contributed by atoms with Crippen LogP contribution < -0.4 is 0 Å². The fourth-order valence-electron chi connectivity index (χ4n) is 4.68. The standard InChI is InChI=1S/C30H54O/c1-3-4-5-6-7-8-9-10-11-12-13-14-15-16-17-18-19-20-21-22-23-28(2)29-24-26-30(31)27-25-29/h24-28,31H,3-23H2,1-2H3. The molecule has 0 spiro atoms. The molecule has 1 aromatic carbocycles. The molecular weight excluding hydrogens is 376 g/mol. The molecule has 0 aliphatic heterocycles. The predicted molar refractivity (Wildman–Crippen MR) is 139 cm³/mol. The van der Waals surface area contributed by atoms with E-state index in [1.807, 2.05) is 12.1 Å². The number of unbranched alkanes of at least 4 members (excludes halogenated alkanes) is 19. The Morgan fingerprint density at radius 3 is 1.19 bits per heavy atom. The molecule has 1 rings (SSSR count). The number of phenolic OH excluding ortho intramolecular Hbond substituents is 1. The summed E-state index contributed by atoms with van der Waals surface area (Å²) in [6.45, 7) is 4.60. The van der Waals surface area contributed by atoms with Crippen LogP contribution in [0.3, 0.4) is 0 Å². The second-order valence-corrected chi connectivity index (χ2v) is 10.00. The topological polar surface area (TPSA) is 20.2 Å². The molecule has 0 radical (unpaired) electrons. The molecule has 0 aliphatic rings. The van der Waals surface area contributed by atoms with Gasteiger partial charge in [-0.25, -0.2) is 0 Å². The first-order valence-corrected chi connectivity index (χ1v) is 14.0. The van der Waals surface area contributed by atoms with Gasteiger partial charge in [0.1, 0.15) is 5.75 Å². The van der Waals surface area contributed by atoms with Crippen molar-refractivity contribution in [3.05, 3.63) is 29.8 Å². The van der Waals surface area contributed by atoms with E-state index in [2.05, 4.69) is 26.0 Å². The zero-order chi connectivity index (χ0) is 22.4. The first kappa shape index (κ1) is 28.1. The smallest absolute Gasteiger partial charge is 0.115 e. The third kappa shape index (κ3) is 17.3. The van der Waals surface area contributed by atoms with E-state index in [1.54, 1.807) is 0 Å².